The van der Waals surface area contributed by atoms with Crippen molar-refractivity contribution in [2.75, 3.05) is 0 Å². The Morgan fingerprint density at radius 2 is 0.692 bits per heavy atom. The predicted octanol–water partition coefficient (Wildman–Crippen LogP) is 15.2. The molecule has 0 radical (unpaired) electrons. The maximum atomic E-state index is 5.64. The average molecular weight is 843 g/mol. The molecular weight excluding hydrogens is 793 g/mol. The van der Waals surface area contributed by atoms with Crippen molar-refractivity contribution in [3.63, 3.8) is 0 Å². The molecule has 0 saturated heterocycles. The first kappa shape index (κ1) is 40.1. The number of fused-ring (bicyclic) bond motifs is 11. The highest BCUT2D eigenvalue weighted by molar-refractivity contribution is 6.05. The van der Waals surface area contributed by atoms with Crippen LogP contribution < -0.4 is 0 Å². The van der Waals surface area contributed by atoms with Gasteiger partial charge < -0.3 is 9.97 Å². The molecule has 11 rings (SSSR count). The third-order valence-corrected chi connectivity index (χ3v) is 13.2. The molecule has 2 aliphatic rings. The molecule has 2 N–H and O–H groups in total. The van der Waals surface area contributed by atoms with Crippen LogP contribution in [0.5, 0.6) is 0 Å². The minimum Gasteiger partial charge on any atom is -0.354 e. The van der Waals surface area contributed by atoms with Gasteiger partial charge in [0.2, 0.25) is 0 Å². The number of aryl methyl sites for hydroxylation is 9. The fourth-order valence-electron chi connectivity index (χ4n) is 10.9. The SMILES string of the molecule is Cc1cc(C)c(-c2c3nc(c(-c4c(C)cc(C)cc4C)c4ccc([nH]4)c(-c4c(C)cc(C)cc4C)c4nc(c(-c5ccc6ccc7cccnc7c6n5)c5ccc2[nH]5)C=C4)C=C3)c(C)c1. The lowest BCUT2D eigenvalue weighted by molar-refractivity contribution is 1.27. The first-order valence-corrected chi connectivity index (χ1v) is 22.5. The summed E-state index contributed by atoms with van der Waals surface area (Å²) in [4.78, 5) is 29.4. The van der Waals surface area contributed by atoms with Gasteiger partial charge in [-0.2, -0.15) is 0 Å². The van der Waals surface area contributed by atoms with Crippen LogP contribution in [0.1, 0.15) is 72.8 Å². The molecule has 6 heteroatoms. The monoisotopic (exact) mass is 842 g/mol. The summed E-state index contributed by atoms with van der Waals surface area (Å²) in [5, 5.41) is 2.08. The third kappa shape index (κ3) is 6.71. The van der Waals surface area contributed by atoms with Gasteiger partial charge in [0.15, 0.2) is 0 Å². The Bertz CT molecular complexity index is 3640. The topological polar surface area (TPSA) is 83.1 Å². The van der Waals surface area contributed by atoms with Gasteiger partial charge >= 0.3 is 0 Å². The van der Waals surface area contributed by atoms with E-state index in [4.69, 9.17) is 19.9 Å². The number of rotatable bonds is 4. The number of pyridine rings is 2. The van der Waals surface area contributed by atoms with E-state index < -0.39 is 0 Å². The molecule has 2 aliphatic heterocycles. The van der Waals surface area contributed by atoms with Crippen LogP contribution in [-0.4, -0.2) is 29.9 Å². The fourth-order valence-corrected chi connectivity index (χ4v) is 10.9. The molecule has 316 valence electrons. The fraction of sp³-hybridized carbons (Fsp3) is 0.153. The molecule has 4 aromatic carbocycles. The number of H-pyrrole nitrogens is 2. The summed E-state index contributed by atoms with van der Waals surface area (Å²) in [5.41, 5.74) is 28.4. The molecule has 0 fully saturated rings. The standard InChI is InChI=1S/C59H50N6/c1-31-25-34(4)51(35(5)26-31)55-45-18-16-42(61-45)54(44-15-14-41-13-12-40-11-10-24-60-58(40)59(41)65-44)43-17-19-46(62-43)56(52-36(6)27-32(2)28-37(52)7)48-21-23-50(64-48)57(49-22-20-47(55)63-49)53-38(8)29-33(3)30-39(53)9/h10-30,61,64H,1-9H3. The van der Waals surface area contributed by atoms with E-state index in [1.54, 1.807) is 0 Å². The van der Waals surface area contributed by atoms with Gasteiger partial charge in [-0.1, -0.05) is 77.4 Å². The smallest absolute Gasteiger partial charge is 0.0972 e. The Hall–Kier alpha value is -7.70. The Morgan fingerprint density at radius 1 is 0.338 bits per heavy atom. The first-order valence-electron chi connectivity index (χ1n) is 22.5. The summed E-state index contributed by atoms with van der Waals surface area (Å²) in [5.74, 6) is 0. The van der Waals surface area contributed by atoms with Crippen LogP contribution in [0, 0.1) is 62.3 Å². The van der Waals surface area contributed by atoms with Crippen molar-refractivity contribution in [3.05, 3.63) is 176 Å². The molecule has 0 unspecified atom stereocenters. The maximum Gasteiger partial charge on any atom is 0.0972 e. The summed E-state index contributed by atoms with van der Waals surface area (Å²) in [6.07, 6.45) is 10.6. The van der Waals surface area contributed by atoms with Crippen LogP contribution in [0.15, 0.2) is 103 Å². The van der Waals surface area contributed by atoms with Crippen molar-refractivity contribution in [1.29, 1.82) is 0 Å². The van der Waals surface area contributed by atoms with E-state index in [1.165, 1.54) is 66.8 Å². The lowest BCUT2D eigenvalue weighted by Gasteiger charge is -2.14. The molecule has 0 aliphatic carbocycles. The van der Waals surface area contributed by atoms with E-state index >= 15 is 0 Å². The van der Waals surface area contributed by atoms with E-state index in [9.17, 15) is 0 Å². The Morgan fingerprint density at radius 3 is 1.11 bits per heavy atom. The summed E-state index contributed by atoms with van der Waals surface area (Å²) < 4.78 is 0. The van der Waals surface area contributed by atoms with Crippen LogP contribution >= 0.6 is 0 Å². The van der Waals surface area contributed by atoms with Gasteiger partial charge in [-0.25, -0.2) is 15.0 Å². The summed E-state index contributed by atoms with van der Waals surface area (Å²) in [6.45, 7) is 19.8. The molecule has 8 bridgehead atoms. The predicted molar refractivity (Wildman–Crippen MR) is 274 cm³/mol. The summed E-state index contributed by atoms with van der Waals surface area (Å²) in [6, 6.07) is 35.1. The molecule has 9 aromatic rings. The minimum absolute atomic E-state index is 0.808. The van der Waals surface area contributed by atoms with E-state index in [0.717, 1.165) is 94.6 Å². The molecule has 5 aromatic heterocycles. The Balaban J connectivity index is 1.35. The highest BCUT2D eigenvalue weighted by atomic mass is 14.8. The van der Waals surface area contributed by atoms with Crippen molar-refractivity contribution >= 4 is 68.2 Å². The van der Waals surface area contributed by atoms with Crippen molar-refractivity contribution in [2.24, 2.45) is 0 Å². The van der Waals surface area contributed by atoms with E-state index in [-0.39, 0.29) is 0 Å². The minimum atomic E-state index is 0.808. The highest BCUT2D eigenvalue weighted by Crippen LogP contribution is 2.42. The second-order valence-electron chi connectivity index (χ2n) is 18.2. The number of hydrogen-bond acceptors (Lipinski definition) is 4. The quantitative estimate of drug-likeness (QED) is 0.173. The largest absolute Gasteiger partial charge is 0.354 e. The van der Waals surface area contributed by atoms with Crippen molar-refractivity contribution in [3.8, 4) is 44.6 Å². The lowest BCUT2D eigenvalue weighted by Crippen LogP contribution is -1.96. The van der Waals surface area contributed by atoms with E-state index in [0.29, 0.717) is 0 Å². The second kappa shape index (κ2) is 15.2. The Labute approximate surface area is 379 Å². The molecule has 0 saturated carbocycles. The van der Waals surface area contributed by atoms with Gasteiger partial charge in [0.05, 0.1) is 45.0 Å². The lowest BCUT2D eigenvalue weighted by atomic mass is 9.92. The first-order chi connectivity index (χ1) is 31.4. The van der Waals surface area contributed by atoms with Crippen LogP contribution in [-0.2, 0) is 0 Å². The van der Waals surface area contributed by atoms with Crippen molar-refractivity contribution in [1.82, 2.24) is 29.9 Å². The van der Waals surface area contributed by atoms with Gasteiger partial charge in [0, 0.05) is 55.8 Å². The molecule has 0 spiro atoms. The summed E-state index contributed by atoms with van der Waals surface area (Å²) in [7, 11) is 0. The third-order valence-electron chi connectivity index (χ3n) is 13.2. The number of aromatic nitrogens is 6. The number of nitrogens with one attached hydrogen (secondary N) is 2. The van der Waals surface area contributed by atoms with Crippen LogP contribution in [0.4, 0.5) is 0 Å². The van der Waals surface area contributed by atoms with Gasteiger partial charge in [-0.15, -0.1) is 0 Å². The van der Waals surface area contributed by atoms with Gasteiger partial charge in [0.1, 0.15) is 0 Å². The normalized spacial score (nSPS) is 12.3. The molecule has 7 heterocycles. The van der Waals surface area contributed by atoms with Gasteiger partial charge in [0.25, 0.3) is 0 Å². The maximum absolute atomic E-state index is 5.64. The zero-order chi connectivity index (χ0) is 44.8. The van der Waals surface area contributed by atoms with E-state index in [2.05, 4.69) is 188 Å². The van der Waals surface area contributed by atoms with Crippen molar-refractivity contribution in [2.45, 2.75) is 62.3 Å². The van der Waals surface area contributed by atoms with Crippen LogP contribution in [0.2, 0.25) is 0 Å². The van der Waals surface area contributed by atoms with Gasteiger partial charge in [-0.05, 0) is 173 Å². The van der Waals surface area contributed by atoms with E-state index in [1.807, 2.05) is 12.3 Å². The summed E-state index contributed by atoms with van der Waals surface area (Å²) >= 11 is 0. The number of nitrogens with zero attached hydrogens (tertiary/aromatic N) is 4. The Kier molecular flexibility index (Phi) is 9.40. The molecule has 0 amide bonds. The number of aromatic amines is 2. The molecule has 6 nitrogen and oxygen atoms in total. The zero-order valence-electron chi connectivity index (χ0n) is 38.4. The van der Waals surface area contributed by atoms with Crippen molar-refractivity contribution < 1.29 is 0 Å². The van der Waals surface area contributed by atoms with Crippen LogP contribution in [0.3, 0.4) is 0 Å². The molecule has 0 atom stereocenters. The highest BCUT2D eigenvalue weighted by Gasteiger charge is 2.23. The molecular formula is C59H50N6. The van der Waals surface area contributed by atoms with Gasteiger partial charge in [-0.3, -0.25) is 4.98 Å². The zero-order valence-corrected chi connectivity index (χ0v) is 38.4. The number of benzene rings is 4. The van der Waals surface area contributed by atoms with Crippen LogP contribution in [0.25, 0.3) is 113 Å². The average Bonchev–Trinajstić information content (AvgIpc) is 4.11. The molecule has 65 heavy (non-hydrogen) atoms. The number of hydrogen-bond donors (Lipinski definition) is 2. The second-order valence-corrected chi connectivity index (χ2v) is 18.2.